The molecule has 3 N–H and O–H groups in total. The topological polar surface area (TPSA) is 149 Å². The van der Waals surface area contributed by atoms with Crippen molar-refractivity contribution in [2.45, 2.75) is 147 Å². The Morgan fingerprint density at radius 2 is 1.52 bits per heavy atom. The van der Waals surface area contributed by atoms with E-state index in [0.717, 1.165) is 17.4 Å². The number of phosphoric ester groups is 1. The number of phosphoric acid groups is 1. The van der Waals surface area contributed by atoms with Crippen molar-refractivity contribution in [2.24, 2.45) is 0 Å². The Bertz CT molecular complexity index is 1110. The minimum atomic E-state index is -4.49. The van der Waals surface area contributed by atoms with E-state index in [9.17, 15) is 28.5 Å². The molecular formula is C30H56FN2O9PSi. The lowest BCUT2D eigenvalue weighted by atomic mass is 10.0. The Balaban J connectivity index is 1.45. The first-order valence-electron chi connectivity index (χ1n) is 16.4. The summed E-state index contributed by atoms with van der Waals surface area (Å²) in [5.74, 6) is -1.18. The number of nitrogens with zero attached hydrogens (tertiary/aromatic N) is 1. The number of H-pyrrole nitrogens is 1. The molecule has 0 aliphatic carbocycles. The molecule has 2 rings (SSSR count). The first-order chi connectivity index (χ1) is 20.8. The van der Waals surface area contributed by atoms with Crippen LogP contribution >= 0.6 is 7.82 Å². The summed E-state index contributed by atoms with van der Waals surface area (Å²) in [5, 5.41) is 10.3. The second kappa shape index (κ2) is 20.1. The van der Waals surface area contributed by atoms with Crippen LogP contribution < -0.4 is 11.2 Å². The summed E-state index contributed by atoms with van der Waals surface area (Å²) in [7, 11) is -5.34. The molecule has 0 saturated carbocycles. The number of aliphatic hydroxyl groups is 1. The van der Waals surface area contributed by atoms with E-state index in [1.165, 1.54) is 83.6 Å². The van der Waals surface area contributed by atoms with E-state index >= 15 is 0 Å². The normalized spacial score (nSPS) is 21.0. The van der Waals surface area contributed by atoms with Gasteiger partial charge in [-0.15, -0.1) is 0 Å². The van der Waals surface area contributed by atoms with Gasteiger partial charge in [-0.3, -0.25) is 23.4 Å². The lowest BCUT2D eigenvalue weighted by Gasteiger charge is -2.24. The molecule has 1 aromatic rings. The zero-order valence-corrected chi connectivity index (χ0v) is 29.0. The number of aliphatic hydroxyl groups excluding tert-OH is 1. The number of ether oxygens (including phenoxy) is 2. The SMILES string of the molecule is C[C@@H](OP(=O)(O)OCCOCCCCCCCCCCCCCCC[Si](C)(C)C)[C@H]1O[C@@H](n2cc(F)c(=O)[nH]c2=O)C[C@@H]1O. The molecule has 0 bridgehead atoms. The average molecular weight is 667 g/mol. The smallest absolute Gasteiger partial charge is 0.390 e. The van der Waals surface area contributed by atoms with Crippen LogP contribution in [0.4, 0.5) is 4.39 Å². The quantitative estimate of drug-likeness (QED) is 0.0659. The van der Waals surface area contributed by atoms with Crippen molar-refractivity contribution in [3.8, 4) is 0 Å². The molecular weight excluding hydrogens is 610 g/mol. The summed E-state index contributed by atoms with van der Waals surface area (Å²) in [6.45, 7) is 9.29. The largest absolute Gasteiger partial charge is 0.472 e. The van der Waals surface area contributed by atoms with Crippen molar-refractivity contribution in [1.82, 2.24) is 9.55 Å². The molecule has 0 radical (unpaired) electrons. The van der Waals surface area contributed by atoms with Crippen molar-refractivity contribution in [1.29, 1.82) is 0 Å². The fourth-order valence-electron chi connectivity index (χ4n) is 5.36. The number of halogens is 1. The first-order valence-corrected chi connectivity index (χ1v) is 21.6. The highest BCUT2D eigenvalue weighted by molar-refractivity contribution is 7.47. The molecule has 44 heavy (non-hydrogen) atoms. The van der Waals surface area contributed by atoms with Crippen LogP contribution in [0.1, 0.15) is 103 Å². The molecule has 1 aliphatic rings. The minimum absolute atomic E-state index is 0.118. The lowest BCUT2D eigenvalue weighted by Crippen LogP contribution is -2.35. The predicted octanol–water partition coefficient (Wildman–Crippen LogP) is 6.27. The monoisotopic (exact) mass is 666 g/mol. The summed E-state index contributed by atoms with van der Waals surface area (Å²) in [4.78, 5) is 35.1. The Morgan fingerprint density at radius 3 is 2.09 bits per heavy atom. The number of aromatic amines is 1. The van der Waals surface area contributed by atoms with E-state index in [1.807, 2.05) is 4.98 Å². The fraction of sp³-hybridized carbons (Fsp3) is 0.867. The van der Waals surface area contributed by atoms with E-state index in [4.69, 9.17) is 18.5 Å². The zero-order chi connectivity index (χ0) is 32.6. The minimum Gasteiger partial charge on any atom is -0.390 e. The van der Waals surface area contributed by atoms with Gasteiger partial charge in [0, 0.05) is 21.1 Å². The summed E-state index contributed by atoms with van der Waals surface area (Å²) < 4.78 is 48.0. The summed E-state index contributed by atoms with van der Waals surface area (Å²) >= 11 is 0. The van der Waals surface area contributed by atoms with E-state index in [1.54, 1.807) is 0 Å². The number of aromatic nitrogens is 2. The van der Waals surface area contributed by atoms with Gasteiger partial charge in [0.1, 0.15) is 12.3 Å². The van der Waals surface area contributed by atoms with Crippen LogP contribution in [0.5, 0.6) is 0 Å². The van der Waals surface area contributed by atoms with Crippen LogP contribution in [0.15, 0.2) is 15.8 Å². The molecule has 2 heterocycles. The van der Waals surface area contributed by atoms with Gasteiger partial charge in [0.05, 0.1) is 31.6 Å². The van der Waals surface area contributed by atoms with E-state index in [2.05, 4.69) is 19.6 Å². The molecule has 1 fully saturated rings. The van der Waals surface area contributed by atoms with E-state index in [0.29, 0.717) is 12.8 Å². The zero-order valence-electron chi connectivity index (χ0n) is 27.1. The van der Waals surface area contributed by atoms with Gasteiger partial charge in [0.25, 0.3) is 5.56 Å². The van der Waals surface area contributed by atoms with Gasteiger partial charge in [-0.2, -0.15) is 4.39 Å². The Labute approximate surface area is 262 Å². The van der Waals surface area contributed by atoms with Crippen molar-refractivity contribution < 1.29 is 37.5 Å². The Morgan fingerprint density at radius 1 is 0.977 bits per heavy atom. The molecule has 5 atom stereocenters. The maximum Gasteiger partial charge on any atom is 0.472 e. The van der Waals surface area contributed by atoms with Crippen LogP contribution in [0, 0.1) is 5.82 Å². The molecule has 0 spiro atoms. The molecule has 0 amide bonds. The van der Waals surface area contributed by atoms with Gasteiger partial charge >= 0.3 is 13.5 Å². The standard InChI is InChI=1S/C30H56FN2O9PSi/c1-24(28-26(34)22-27(41-28)33-23-25(31)29(35)32-30(33)36)42-43(37,38)40-20-19-39-18-16-14-12-10-8-6-5-7-9-11-13-15-17-21-44(2,3)4/h23-24,26-28,34H,5-22H2,1-4H3,(H,37,38)(H,32,35,36)/t24-,26+,27-,28-/m1/s1. The molecule has 0 aromatic carbocycles. The molecule has 1 aromatic heterocycles. The fourth-order valence-corrected chi connectivity index (χ4v) is 7.58. The molecule has 1 aliphatic heterocycles. The Hall–Kier alpha value is -1.18. The van der Waals surface area contributed by atoms with Gasteiger partial charge in [0.15, 0.2) is 0 Å². The second-order valence-electron chi connectivity index (χ2n) is 13.1. The van der Waals surface area contributed by atoms with E-state index in [-0.39, 0.29) is 19.6 Å². The van der Waals surface area contributed by atoms with Gasteiger partial charge < -0.3 is 19.5 Å². The van der Waals surface area contributed by atoms with Gasteiger partial charge in [-0.25, -0.2) is 9.36 Å². The number of hydrogen-bond acceptors (Lipinski definition) is 8. The lowest BCUT2D eigenvalue weighted by molar-refractivity contribution is -0.0773. The summed E-state index contributed by atoms with van der Waals surface area (Å²) in [5.41, 5.74) is -2.07. The third kappa shape index (κ3) is 15.9. The van der Waals surface area contributed by atoms with Crippen molar-refractivity contribution in [3.05, 3.63) is 32.9 Å². The highest BCUT2D eigenvalue weighted by Crippen LogP contribution is 2.46. The van der Waals surface area contributed by atoms with Crippen LogP contribution in [0.3, 0.4) is 0 Å². The maximum atomic E-state index is 13.6. The number of unbranched alkanes of at least 4 members (excludes halogenated alkanes) is 12. The van der Waals surface area contributed by atoms with Gasteiger partial charge in [-0.05, 0) is 13.3 Å². The highest BCUT2D eigenvalue weighted by atomic mass is 31.2. The van der Waals surface area contributed by atoms with Crippen LogP contribution in [-0.2, 0) is 23.1 Å². The van der Waals surface area contributed by atoms with Crippen LogP contribution in [0.25, 0.3) is 0 Å². The first kappa shape index (κ1) is 39.0. The highest BCUT2D eigenvalue weighted by Gasteiger charge is 2.42. The molecule has 14 heteroatoms. The molecule has 256 valence electrons. The van der Waals surface area contributed by atoms with Crippen molar-refractivity contribution >= 4 is 15.9 Å². The summed E-state index contributed by atoms with van der Waals surface area (Å²) in [6, 6.07) is 1.46. The van der Waals surface area contributed by atoms with Crippen molar-refractivity contribution in [3.63, 3.8) is 0 Å². The van der Waals surface area contributed by atoms with Crippen LogP contribution in [0.2, 0.25) is 25.7 Å². The number of nitrogens with one attached hydrogen (secondary N) is 1. The number of hydrogen-bond donors (Lipinski definition) is 3. The molecule has 1 saturated heterocycles. The predicted molar refractivity (Wildman–Crippen MR) is 171 cm³/mol. The third-order valence-electron chi connectivity index (χ3n) is 7.83. The average Bonchev–Trinajstić information content (AvgIpc) is 3.32. The number of rotatable bonds is 24. The Kier molecular flexibility index (Phi) is 17.8. The molecule has 11 nitrogen and oxygen atoms in total. The van der Waals surface area contributed by atoms with Gasteiger partial charge in [0.2, 0.25) is 5.82 Å². The van der Waals surface area contributed by atoms with E-state index < -0.39 is 57.5 Å². The van der Waals surface area contributed by atoms with Gasteiger partial charge in [-0.1, -0.05) is 103 Å². The summed E-state index contributed by atoms with van der Waals surface area (Å²) in [6.07, 6.45) is 12.8. The second-order valence-corrected chi connectivity index (χ2v) is 20.2. The molecule has 1 unspecified atom stereocenters. The third-order valence-corrected chi connectivity index (χ3v) is 10.8. The maximum absolute atomic E-state index is 13.6. The van der Waals surface area contributed by atoms with Crippen LogP contribution in [-0.4, -0.2) is 65.8 Å². The van der Waals surface area contributed by atoms with Crippen molar-refractivity contribution in [2.75, 3.05) is 19.8 Å².